The highest BCUT2D eigenvalue weighted by Crippen LogP contribution is 2.40. The maximum Gasteiger partial charge on any atom is 0.255 e. The van der Waals surface area contributed by atoms with Crippen molar-refractivity contribution in [2.45, 2.75) is 51.9 Å². The van der Waals surface area contributed by atoms with Gasteiger partial charge in [-0.25, -0.2) is 4.68 Å². The number of allylic oxidation sites excluding steroid dienone is 1. The van der Waals surface area contributed by atoms with E-state index < -0.39 is 6.04 Å². The molecule has 4 aromatic rings. The minimum atomic E-state index is -0.566. The van der Waals surface area contributed by atoms with Gasteiger partial charge in [-0.05, 0) is 69.2 Å². The number of halogens is 2. The van der Waals surface area contributed by atoms with Crippen LogP contribution >= 0.6 is 35.0 Å². The van der Waals surface area contributed by atoms with Crippen molar-refractivity contribution in [3.63, 3.8) is 0 Å². The Morgan fingerprint density at radius 3 is 2.53 bits per heavy atom. The topological polar surface area (TPSA) is 90.3 Å². The highest BCUT2D eigenvalue weighted by molar-refractivity contribution is 7.99. The molecular formula is C32H33Cl2N5O3S. The summed E-state index contributed by atoms with van der Waals surface area (Å²) in [7, 11) is 0. The van der Waals surface area contributed by atoms with Crippen LogP contribution in [0.5, 0.6) is 11.5 Å². The van der Waals surface area contributed by atoms with Gasteiger partial charge in [0, 0.05) is 32.7 Å². The molecule has 43 heavy (non-hydrogen) atoms. The van der Waals surface area contributed by atoms with E-state index in [4.69, 9.17) is 42.8 Å². The molecule has 1 atom stereocenters. The normalized spacial score (nSPS) is 14.2. The molecule has 3 aromatic carbocycles. The Morgan fingerprint density at radius 1 is 1.02 bits per heavy atom. The van der Waals surface area contributed by atoms with Crippen LogP contribution in [0, 0.1) is 6.92 Å². The molecule has 224 valence electrons. The zero-order valence-electron chi connectivity index (χ0n) is 24.4. The highest BCUT2D eigenvalue weighted by Gasteiger charge is 2.35. The van der Waals surface area contributed by atoms with E-state index >= 15 is 0 Å². The second-order valence-corrected chi connectivity index (χ2v) is 12.0. The molecule has 2 N–H and O–H groups in total. The number of aromatic nitrogens is 3. The summed E-state index contributed by atoms with van der Waals surface area (Å²) in [5, 5.41) is 12.9. The first-order chi connectivity index (χ1) is 20.8. The van der Waals surface area contributed by atoms with E-state index in [1.54, 1.807) is 28.6 Å². The van der Waals surface area contributed by atoms with E-state index in [-0.39, 0.29) is 12.5 Å². The van der Waals surface area contributed by atoms with Crippen molar-refractivity contribution in [1.82, 2.24) is 14.8 Å². The van der Waals surface area contributed by atoms with E-state index in [0.717, 1.165) is 28.9 Å². The first kappa shape index (κ1) is 30.8. The Kier molecular flexibility index (Phi) is 9.85. The predicted molar refractivity (Wildman–Crippen MR) is 174 cm³/mol. The molecule has 0 aliphatic carbocycles. The Balaban J connectivity index is 1.52. The van der Waals surface area contributed by atoms with Crippen LogP contribution in [0.25, 0.3) is 0 Å². The molecule has 0 bridgehead atoms. The van der Waals surface area contributed by atoms with Crippen LogP contribution < -0.4 is 20.1 Å². The van der Waals surface area contributed by atoms with E-state index in [2.05, 4.69) is 17.6 Å². The molecule has 8 nitrogen and oxygen atoms in total. The molecule has 1 aromatic heterocycles. The van der Waals surface area contributed by atoms with Crippen LogP contribution in [0.2, 0.25) is 10.0 Å². The third kappa shape index (κ3) is 7.12. The summed E-state index contributed by atoms with van der Waals surface area (Å²) < 4.78 is 13.9. The number of rotatable bonds is 11. The molecule has 0 saturated heterocycles. The van der Waals surface area contributed by atoms with Gasteiger partial charge in [0.15, 0.2) is 11.5 Å². The van der Waals surface area contributed by atoms with Crippen molar-refractivity contribution in [2.24, 2.45) is 0 Å². The zero-order valence-corrected chi connectivity index (χ0v) is 26.7. The second kappa shape index (κ2) is 13.8. The molecule has 11 heteroatoms. The van der Waals surface area contributed by atoms with Gasteiger partial charge >= 0.3 is 0 Å². The van der Waals surface area contributed by atoms with Crippen molar-refractivity contribution < 1.29 is 14.3 Å². The maximum atomic E-state index is 13.9. The fourth-order valence-corrected chi connectivity index (χ4v) is 5.85. The number of hydrogen-bond donors (Lipinski definition) is 2. The molecule has 0 saturated carbocycles. The molecule has 2 heterocycles. The lowest BCUT2D eigenvalue weighted by atomic mass is 9.94. The average molecular weight is 639 g/mol. The van der Waals surface area contributed by atoms with E-state index in [9.17, 15) is 4.79 Å². The molecule has 1 aliphatic rings. The third-order valence-corrected chi connectivity index (χ3v) is 8.43. The molecule has 0 radical (unpaired) electrons. The molecule has 0 spiro atoms. The van der Waals surface area contributed by atoms with Gasteiger partial charge in [0.05, 0.1) is 12.2 Å². The fraction of sp³-hybridized carbons (Fsp3) is 0.281. The summed E-state index contributed by atoms with van der Waals surface area (Å²) >= 11 is 14.0. The Hall–Kier alpha value is -3.66. The third-order valence-electron chi connectivity index (χ3n) is 6.80. The lowest BCUT2D eigenvalue weighted by Crippen LogP contribution is -2.31. The lowest BCUT2D eigenvalue weighted by molar-refractivity contribution is -0.113. The fourth-order valence-electron chi connectivity index (χ4n) is 4.70. The predicted octanol–water partition coefficient (Wildman–Crippen LogP) is 8.30. The summed E-state index contributed by atoms with van der Waals surface area (Å²) in [5.41, 5.74) is 4.63. The number of carbonyl (C=O) groups excluding carboxylic acids is 1. The summed E-state index contributed by atoms with van der Waals surface area (Å²) in [5.74, 6) is 2.32. The first-order valence-corrected chi connectivity index (χ1v) is 15.8. The van der Waals surface area contributed by atoms with Crippen molar-refractivity contribution in [3.8, 4) is 11.5 Å². The highest BCUT2D eigenvalue weighted by atomic mass is 35.5. The standard InChI is InChI=1S/C32H33Cl2N5O3S/c1-5-15-43-32-37-31-35-20(4)28(30(40)36-24-12-7-19(3)8-13-24)29(39(31)38-32)21-10-14-26(27(16-21)41-6-2)42-18-22-9-11-23(33)17-25(22)34/h7-14,16-17,29H,5-6,15,18H2,1-4H3,(H,36,40)(H,35,37,38). The van der Waals surface area contributed by atoms with Gasteiger partial charge in [0.2, 0.25) is 11.1 Å². The molecule has 5 rings (SSSR count). The van der Waals surface area contributed by atoms with Crippen LogP contribution in [-0.2, 0) is 11.4 Å². The zero-order chi connectivity index (χ0) is 30.5. The van der Waals surface area contributed by atoms with Gasteiger partial charge in [-0.1, -0.05) is 71.7 Å². The summed E-state index contributed by atoms with van der Waals surface area (Å²) in [6, 6.07) is 18.1. The summed E-state index contributed by atoms with van der Waals surface area (Å²) in [6.45, 7) is 8.57. The smallest absolute Gasteiger partial charge is 0.255 e. The Labute approximate surface area is 265 Å². The maximum absolute atomic E-state index is 13.9. The van der Waals surface area contributed by atoms with Crippen LogP contribution in [0.1, 0.15) is 49.9 Å². The molecule has 1 unspecified atom stereocenters. The van der Waals surface area contributed by atoms with Crippen LogP contribution in [0.3, 0.4) is 0 Å². The number of ether oxygens (including phenoxy) is 2. The number of nitrogens with zero attached hydrogens (tertiary/aromatic N) is 3. The average Bonchev–Trinajstić information content (AvgIpc) is 3.39. The van der Waals surface area contributed by atoms with E-state index in [1.807, 2.05) is 69.3 Å². The van der Waals surface area contributed by atoms with Gasteiger partial charge in [-0.3, -0.25) is 4.79 Å². The van der Waals surface area contributed by atoms with Crippen molar-refractivity contribution in [3.05, 3.63) is 98.7 Å². The van der Waals surface area contributed by atoms with E-state index in [1.165, 1.54) is 0 Å². The van der Waals surface area contributed by atoms with Crippen molar-refractivity contribution in [1.29, 1.82) is 0 Å². The molecule has 0 fully saturated rings. The van der Waals surface area contributed by atoms with Gasteiger partial charge < -0.3 is 20.1 Å². The number of aryl methyl sites for hydroxylation is 1. The van der Waals surface area contributed by atoms with Gasteiger partial charge in [0.1, 0.15) is 12.6 Å². The first-order valence-electron chi connectivity index (χ1n) is 14.1. The number of benzene rings is 3. The minimum absolute atomic E-state index is 0.233. The minimum Gasteiger partial charge on any atom is -0.490 e. The number of thioether (sulfide) groups is 1. The largest absolute Gasteiger partial charge is 0.490 e. The summed E-state index contributed by atoms with van der Waals surface area (Å²) in [4.78, 5) is 18.6. The second-order valence-electron chi connectivity index (χ2n) is 10.1. The van der Waals surface area contributed by atoms with Gasteiger partial charge in [-0.15, -0.1) is 5.10 Å². The van der Waals surface area contributed by atoms with Gasteiger partial charge in [-0.2, -0.15) is 4.98 Å². The quantitative estimate of drug-likeness (QED) is 0.160. The van der Waals surface area contributed by atoms with Crippen molar-refractivity contribution in [2.75, 3.05) is 23.0 Å². The number of anilines is 2. The summed E-state index contributed by atoms with van der Waals surface area (Å²) in [6.07, 6.45) is 0.993. The van der Waals surface area contributed by atoms with Crippen LogP contribution in [0.15, 0.2) is 77.1 Å². The SMILES string of the molecule is CCCSc1nc2n(n1)C(c1ccc(OCc3ccc(Cl)cc3Cl)c(OCC)c1)C(C(=O)Nc1ccc(C)cc1)=C(C)N2. The number of carbonyl (C=O) groups is 1. The molecule has 1 amide bonds. The van der Waals surface area contributed by atoms with Gasteiger partial charge in [0.25, 0.3) is 5.91 Å². The molecular weight excluding hydrogens is 605 g/mol. The molecule has 1 aliphatic heterocycles. The van der Waals surface area contributed by atoms with Crippen molar-refractivity contribution >= 4 is 52.5 Å². The van der Waals surface area contributed by atoms with E-state index in [0.29, 0.717) is 56.2 Å². The Bertz CT molecular complexity index is 1660. The van der Waals surface area contributed by atoms with Crippen LogP contribution in [-0.4, -0.2) is 33.0 Å². The number of fused-ring (bicyclic) bond motifs is 1. The number of nitrogens with one attached hydrogen (secondary N) is 2. The van der Waals surface area contributed by atoms with Crippen LogP contribution in [0.4, 0.5) is 11.6 Å². The number of hydrogen-bond acceptors (Lipinski definition) is 7. The monoisotopic (exact) mass is 637 g/mol. The Morgan fingerprint density at radius 2 is 1.81 bits per heavy atom. The number of amides is 1. The lowest BCUT2D eigenvalue weighted by Gasteiger charge is -2.29.